The van der Waals surface area contributed by atoms with Gasteiger partial charge in [0.1, 0.15) is 5.65 Å². The zero-order valence-corrected chi connectivity index (χ0v) is 13.1. The highest BCUT2D eigenvalue weighted by Crippen LogP contribution is 2.30. The van der Waals surface area contributed by atoms with Crippen molar-refractivity contribution in [3.63, 3.8) is 0 Å². The summed E-state index contributed by atoms with van der Waals surface area (Å²) in [4.78, 5) is 4.59. The molecule has 0 saturated carbocycles. The lowest BCUT2D eigenvalue weighted by Gasteiger charge is -2.01. The molecule has 0 aliphatic rings. The molecule has 0 radical (unpaired) electrons. The van der Waals surface area contributed by atoms with Gasteiger partial charge in [-0.15, -0.1) is 0 Å². The van der Waals surface area contributed by atoms with Gasteiger partial charge in [-0.2, -0.15) is 0 Å². The summed E-state index contributed by atoms with van der Waals surface area (Å²) in [6, 6.07) is 9.38. The van der Waals surface area contributed by atoms with Crippen LogP contribution >= 0.6 is 39.1 Å². The minimum Gasteiger partial charge on any atom is -0.303 e. The summed E-state index contributed by atoms with van der Waals surface area (Å²) in [7, 11) is 0. The van der Waals surface area contributed by atoms with E-state index in [1.165, 1.54) is 0 Å². The van der Waals surface area contributed by atoms with Crippen LogP contribution in [0.25, 0.3) is 16.9 Å². The molecule has 3 rings (SSSR count). The first-order valence-corrected chi connectivity index (χ1v) is 7.21. The Morgan fingerprint density at radius 2 is 1.95 bits per heavy atom. The Balaban J connectivity index is 2.23. The fraction of sp³-hybridized carbons (Fsp3) is 0.0714. The highest BCUT2D eigenvalue weighted by atomic mass is 79.9. The lowest BCUT2D eigenvalue weighted by molar-refractivity contribution is 1.08. The predicted octanol–water partition coefficient (Wildman–Crippen LogP) is 5.38. The average molecular weight is 356 g/mol. The number of benzene rings is 1. The molecule has 0 amide bonds. The van der Waals surface area contributed by atoms with E-state index in [1.54, 1.807) is 6.07 Å². The fourth-order valence-corrected chi connectivity index (χ4v) is 2.82. The minimum atomic E-state index is 0.604. The molecule has 0 N–H and O–H groups in total. The van der Waals surface area contributed by atoms with Crippen molar-refractivity contribution in [2.24, 2.45) is 0 Å². The third kappa shape index (κ3) is 2.27. The highest BCUT2D eigenvalue weighted by molar-refractivity contribution is 9.10. The van der Waals surface area contributed by atoms with E-state index in [0.29, 0.717) is 10.0 Å². The van der Waals surface area contributed by atoms with Gasteiger partial charge in [0.15, 0.2) is 0 Å². The molecule has 5 heteroatoms. The summed E-state index contributed by atoms with van der Waals surface area (Å²) < 4.78 is 3.08. The summed E-state index contributed by atoms with van der Waals surface area (Å²) in [5.74, 6) is 0. The van der Waals surface area contributed by atoms with Gasteiger partial charge in [-0.25, -0.2) is 4.98 Å². The van der Waals surface area contributed by atoms with Gasteiger partial charge < -0.3 is 4.40 Å². The summed E-state index contributed by atoms with van der Waals surface area (Å²) in [5.41, 5.74) is 3.70. The normalized spacial score (nSPS) is 11.2. The highest BCUT2D eigenvalue weighted by Gasteiger charge is 2.10. The van der Waals surface area contributed by atoms with Gasteiger partial charge in [-0.05, 0) is 53.2 Å². The summed E-state index contributed by atoms with van der Waals surface area (Å²) in [5, 5.41) is 1.23. The monoisotopic (exact) mass is 354 g/mol. The molecule has 0 saturated heterocycles. The molecule has 2 aromatic heterocycles. The lowest BCUT2D eigenvalue weighted by Crippen LogP contribution is -1.89. The zero-order chi connectivity index (χ0) is 13.6. The van der Waals surface area contributed by atoms with Crippen molar-refractivity contribution in [1.82, 2.24) is 9.38 Å². The van der Waals surface area contributed by atoms with Gasteiger partial charge in [0.2, 0.25) is 0 Å². The van der Waals surface area contributed by atoms with Crippen LogP contribution in [0.4, 0.5) is 0 Å². The molecule has 96 valence electrons. The van der Waals surface area contributed by atoms with Crippen molar-refractivity contribution >= 4 is 44.8 Å². The van der Waals surface area contributed by atoms with E-state index in [9.17, 15) is 0 Å². The van der Waals surface area contributed by atoms with Gasteiger partial charge in [0.25, 0.3) is 0 Å². The first-order valence-electron chi connectivity index (χ1n) is 5.66. The van der Waals surface area contributed by atoms with E-state index < -0.39 is 0 Å². The van der Waals surface area contributed by atoms with Crippen molar-refractivity contribution in [2.45, 2.75) is 6.92 Å². The van der Waals surface area contributed by atoms with E-state index >= 15 is 0 Å². The molecule has 0 spiro atoms. The van der Waals surface area contributed by atoms with Crippen LogP contribution in [0.3, 0.4) is 0 Å². The number of aryl methyl sites for hydroxylation is 1. The van der Waals surface area contributed by atoms with Crippen LogP contribution in [0.15, 0.2) is 41.0 Å². The summed E-state index contributed by atoms with van der Waals surface area (Å²) in [6.07, 6.45) is 1.98. The number of nitrogens with zero attached hydrogens (tertiary/aromatic N) is 2. The van der Waals surface area contributed by atoms with Crippen LogP contribution in [0.2, 0.25) is 10.0 Å². The fourth-order valence-electron chi connectivity index (χ4n) is 1.99. The minimum absolute atomic E-state index is 0.604. The Kier molecular flexibility index (Phi) is 3.29. The maximum atomic E-state index is 6.22. The van der Waals surface area contributed by atoms with Crippen LogP contribution in [0, 0.1) is 6.92 Å². The molecule has 2 heterocycles. The van der Waals surface area contributed by atoms with Crippen LogP contribution in [-0.2, 0) is 0 Å². The van der Waals surface area contributed by atoms with Crippen LogP contribution < -0.4 is 0 Å². The average Bonchev–Trinajstić information content (AvgIpc) is 2.78. The number of hydrogen-bond donors (Lipinski definition) is 0. The largest absolute Gasteiger partial charge is 0.303 e. The predicted molar refractivity (Wildman–Crippen MR) is 83.1 cm³/mol. The molecule has 0 atom stereocenters. The Bertz CT molecular complexity index is 780. The molecule has 3 aromatic rings. The molecule has 0 unspecified atom stereocenters. The lowest BCUT2D eigenvalue weighted by atomic mass is 10.2. The van der Waals surface area contributed by atoms with Gasteiger partial charge in [0.05, 0.1) is 10.7 Å². The maximum Gasteiger partial charge on any atom is 0.137 e. The van der Waals surface area contributed by atoms with Gasteiger partial charge in [0, 0.05) is 26.9 Å². The summed E-state index contributed by atoms with van der Waals surface area (Å²) in [6.45, 7) is 2.03. The molecule has 2 nitrogen and oxygen atoms in total. The topological polar surface area (TPSA) is 17.3 Å². The van der Waals surface area contributed by atoms with Crippen molar-refractivity contribution in [1.29, 1.82) is 0 Å². The maximum absolute atomic E-state index is 6.22. The standard InChI is InChI=1S/C14H9BrCl2N2/c1-8-11(15)4-5-14-18-13(7-19(8)14)10-3-2-9(16)6-12(10)17/h2-7H,1H3. The zero-order valence-electron chi connectivity index (χ0n) is 9.99. The summed E-state index contributed by atoms with van der Waals surface area (Å²) >= 11 is 15.6. The van der Waals surface area contributed by atoms with E-state index in [2.05, 4.69) is 20.9 Å². The van der Waals surface area contributed by atoms with E-state index in [-0.39, 0.29) is 0 Å². The van der Waals surface area contributed by atoms with Crippen LogP contribution in [0.5, 0.6) is 0 Å². The number of imidazole rings is 1. The quantitative estimate of drug-likeness (QED) is 0.572. The number of aromatic nitrogens is 2. The van der Waals surface area contributed by atoms with Crippen LogP contribution in [-0.4, -0.2) is 9.38 Å². The first-order chi connectivity index (χ1) is 9.06. The SMILES string of the molecule is Cc1c(Br)ccc2nc(-c3ccc(Cl)cc3Cl)cn12. The van der Waals surface area contributed by atoms with Crippen molar-refractivity contribution < 1.29 is 0 Å². The Morgan fingerprint density at radius 1 is 1.16 bits per heavy atom. The second-order valence-corrected chi connectivity index (χ2v) is 5.94. The number of halogens is 3. The van der Waals surface area contributed by atoms with Crippen molar-refractivity contribution in [3.8, 4) is 11.3 Å². The van der Waals surface area contributed by atoms with Crippen LogP contribution in [0.1, 0.15) is 5.69 Å². The molecule has 19 heavy (non-hydrogen) atoms. The van der Waals surface area contributed by atoms with E-state index in [4.69, 9.17) is 23.2 Å². The van der Waals surface area contributed by atoms with Crippen molar-refractivity contribution in [2.75, 3.05) is 0 Å². The molecular weight excluding hydrogens is 347 g/mol. The van der Waals surface area contributed by atoms with E-state index in [0.717, 1.165) is 27.1 Å². The number of fused-ring (bicyclic) bond motifs is 1. The number of hydrogen-bond acceptors (Lipinski definition) is 1. The Labute approximate surface area is 129 Å². The molecular formula is C14H9BrCl2N2. The third-order valence-corrected chi connectivity index (χ3v) is 4.41. The van der Waals surface area contributed by atoms with Gasteiger partial charge >= 0.3 is 0 Å². The second-order valence-electron chi connectivity index (χ2n) is 4.25. The Hall–Kier alpha value is -1.03. The third-order valence-electron chi connectivity index (χ3n) is 3.03. The number of rotatable bonds is 1. The second kappa shape index (κ2) is 4.82. The molecule has 1 aromatic carbocycles. The van der Waals surface area contributed by atoms with Gasteiger partial charge in [-0.3, -0.25) is 0 Å². The molecule has 0 fully saturated rings. The first kappa shape index (κ1) is 13.0. The smallest absolute Gasteiger partial charge is 0.137 e. The van der Waals surface area contributed by atoms with E-state index in [1.807, 2.05) is 41.8 Å². The number of pyridine rings is 1. The molecule has 0 aliphatic carbocycles. The molecule has 0 aliphatic heterocycles. The Morgan fingerprint density at radius 3 is 2.68 bits per heavy atom. The molecule has 0 bridgehead atoms. The van der Waals surface area contributed by atoms with Gasteiger partial charge in [-0.1, -0.05) is 23.2 Å². The van der Waals surface area contributed by atoms with Crippen molar-refractivity contribution in [3.05, 3.63) is 56.7 Å².